The highest BCUT2D eigenvalue weighted by Gasteiger charge is 2.45. The summed E-state index contributed by atoms with van der Waals surface area (Å²) < 4.78 is 10.5. The Morgan fingerprint density at radius 3 is 2.35 bits per heavy atom. The Morgan fingerprint density at radius 1 is 1.26 bits per heavy atom. The van der Waals surface area contributed by atoms with Crippen LogP contribution in [0.25, 0.3) is 0 Å². The van der Waals surface area contributed by atoms with Gasteiger partial charge in [0.15, 0.2) is 5.69 Å². The molecule has 126 valence electrons. The molecule has 1 aromatic rings. The molecule has 7 heteroatoms. The van der Waals surface area contributed by atoms with Gasteiger partial charge >= 0.3 is 6.09 Å². The molecule has 2 unspecified atom stereocenters. The highest BCUT2D eigenvalue weighted by Crippen LogP contribution is 2.32. The second kappa shape index (κ2) is 5.54. The minimum absolute atomic E-state index is 0.0144. The zero-order valence-corrected chi connectivity index (χ0v) is 14.0. The van der Waals surface area contributed by atoms with Crippen molar-refractivity contribution in [2.45, 2.75) is 58.2 Å². The second-order valence-electron chi connectivity index (χ2n) is 7.31. The largest absolute Gasteiger partial charge is 0.444 e. The smallest absolute Gasteiger partial charge is 0.410 e. The van der Waals surface area contributed by atoms with Crippen molar-refractivity contribution in [1.82, 2.24) is 15.0 Å². The summed E-state index contributed by atoms with van der Waals surface area (Å²) in [6, 6.07) is 1.67. The lowest BCUT2D eigenvalue weighted by atomic mass is 10.1. The Labute approximate surface area is 135 Å². The number of aryl methyl sites for hydroxylation is 1. The number of ether oxygens (including phenoxy) is 1. The molecule has 0 aromatic carbocycles. The molecular weight excluding hydrogens is 298 g/mol. The number of nitrogens with zero attached hydrogens (tertiary/aromatic N) is 3. The predicted octanol–water partition coefficient (Wildman–Crippen LogP) is 2.21. The van der Waals surface area contributed by atoms with Gasteiger partial charge in [0.05, 0.1) is 12.1 Å². The standard InChI is InChI=1S/C16H23N3O4/c1-10-7-13(17-23-10)14(20)18-8-11-5-6-12(9-18)19(11)15(21)22-16(2,3)4/h7,11-12H,5-6,8-9H2,1-4H3. The van der Waals surface area contributed by atoms with Gasteiger partial charge in [0.2, 0.25) is 0 Å². The van der Waals surface area contributed by atoms with Crippen molar-refractivity contribution in [3.63, 3.8) is 0 Å². The number of amides is 2. The fourth-order valence-corrected chi connectivity index (χ4v) is 3.31. The summed E-state index contributed by atoms with van der Waals surface area (Å²) in [5, 5.41) is 3.79. The number of carbonyl (C=O) groups is 2. The summed E-state index contributed by atoms with van der Waals surface area (Å²) in [5.41, 5.74) is -0.186. The first-order valence-corrected chi connectivity index (χ1v) is 7.98. The Hall–Kier alpha value is -2.05. The number of hydrogen-bond acceptors (Lipinski definition) is 5. The van der Waals surface area contributed by atoms with Crippen LogP contribution in [0.2, 0.25) is 0 Å². The Kier molecular flexibility index (Phi) is 3.82. The minimum Gasteiger partial charge on any atom is -0.444 e. The van der Waals surface area contributed by atoms with Gasteiger partial charge in [0.25, 0.3) is 5.91 Å². The Bertz CT molecular complexity index is 605. The number of carbonyl (C=O) groups excluding carboxylic acids is 2. The quantitative estimate of drug-likeness (QED) is 0.792. The first kappa shape index (κ1) is 15.8. The molecule has 0 saturated carbocycles. The SMILES string of the molecule is Cc1cc(C(=O)N2CC3CCC(C2)N3C(=O)OC(C)(C)C)no1. The molecular formula is C16H23N3O4. The van der Waals surface area contributed by atoms with Crippen molar-refractivity contribution in [2.24, 2.45) is 0 Å². The van der Waals surface area contributed by atoms with E-state index in [1.54, 1.807) is 17.9 Å². The van der Waals surface area contributed by atoms with Crippen molar-refractivity contribution in [1.29, 1.82) is 0 Å². The molecule has 2 aliphatic heterocycles. The van der Waals surface area contributed by atoms with E-state index in [-0.39, 0.29) is 24.1 Å². The van der Waals surface area contributed by atoms with Crippen LogP contribution in [0, 0.1) is 6.92 Å². The van der Waals surface area contributed by atoms with Gasteiger partial charge in [-0.25, -0.2) is 4.79 Å². The number of likely N-dealkylation sites (tertiary alicyclic amines) is 1. The molecule has 2 atom stereocenters. The summed E-state index contributed by atoms with van der Waals surface area (Å²) in [6.45, 7) is 8.37. The van der Waals surface area contributed by atoms with Crippen LogP contribution in [-0.2, 0) is 4.74 Å². The molecule has 0 N–H and O–H groups in total. The highest BCUT2D eigenvalue weighted by molar-refractivity contribution is 5.92. The van der Waals surface area contributed by atoms with Crippen molar-refractivity contribution < 1.29 is 18.8 Å². The van der Waals surface area contributed by atoms with E-state index in [4.69, 9.17) is 9.26 Å². The van der Waals surface area contributed by atoms with Crippen LogP contribution in [-0.4, -0.2) is 57.7 Å². The van der Waals surface area contributed by atoms with E-state index in [1.165, 1.54) is 0 Å². The third kappa shape index (κ3) is 3.18. The first-order valence-electron chi connectivity index (χ1n) is 7.98. The number of aromatic nitrogens is 1. The maximum absolute atomic E-state index is 12.5. The zero-order valence-electron chi connectivity index (χ0n) is 14.0. The maximum Gasteiger partial charge on any atom is 0.410 e. The number of piperazine rings is 1. The molecule has 0 radical (unpaired) electrons. The highest BCUT2D eigenvalue weighted by atomic mass is 16.6. The van der Waals surface area contributed by atoms with E-state index >= 15 is 0 Å². The van der Waals surface area contributed by atoms with Crippen molar-refractivity contribution >= 4 is 12.0 Å². The Morgan fingerprint density at radius 2 is 1.87 bits per heavy atom. The van der Waals surface area contributed by atoms with E-state index in [2.05, 4.69) is 5.16 Å². The lowest BCUT2D eigenvalue weighted by Crippen LogP contribution is -2.57. The van der Waals surface area contributed by atoms with Crippen LogP contribution >= 0.6 is 0 Å². The van der Waals surface area contributed by atoms with Crippen LogP contribution in [0.5, 0.6) is 0 Å². The molecule has 2 fully saturated rings. The van der Waals surface area contributed by atoms with Gasteiger partial charge in [0, 0.05) is 19.2 Å². The van der Waals surface area contributed by atoms with Gasteiger partial charge in [-0.1, -0.05) is 5.16 Å². The molecule has 23 heavy (non-hydrogen) atoms. The van der Waals surface area contributed by atoms with E-state index < -0.39 is 5.60 Å². The van der Waals surface area contributed by atoms with E-state index in [1.807, 2.05) is 25.7 Å². The monoisotopic (exact) mass is 321 g/mol. The third-order valence-electron chi connectivity index (χ3n) is 4.22. The van der Waals surface area contributed by atoms with Crippen molar-refractivity contribution in [3.8, 4) is 0 Å². The lowest BCUT2D eigenvalue weighted by Gasteiger charge is -2.41. The fraction of sp³-hybridized carbons (Fsp3) is 0.688. The molecule has 1 aromatic heterocycles. The Balaban J connectivity index is 1.69. The summed E-state index contributed by atoms with van der Waals surface area (Å²) in [6.07, 6.45) is 1.51. The van der Waals surface area contributed by atoms with Gasteiger partial charge in [0.1, 0.15) is 11.4 Å². The number of fused-ring (bicyclic) bond motifs is 2. The van der Waals surface area contributed by atoms with Crippen LogP contribution in [0.15, 0.2) is 10.6 Å². The summed E-state index contributed by atoms with van der Waals surface area (Å²) in [5.74, 6) is 0.478. The average molecular weight is 321 g/mol. The molecule has 3 heterocycles. The fourth-order valence-electron chi connectivity index (χ4n) is 3.31. The normalized spacial score (nSPS) is 24.0. The van der Waals surface area contributed by atoms with Gasteiger partial charge in [-0.15, -0.1) is 0 Å². The van der Waals surface area contributed by atoms with Gasteiger partial charge < -0.3 is 14.2 Å². The van der Waals surface area contributed by atoms with E-state index in [9.17, 15) is 9.59 Å². The minimum atomic E-state index is -0.512. The molecule has 2 saturated heterocycles. The van der Waals surface area contributed by atoms with Crippen LogP contribution in [0.1, 0.15) is 49.9 Å². The third-order valence-corrected chi connectivity index (χ3v) is 4.22. The summed E-state index contributed by atoms with van der Waals surface area (Å²) in [7, 11) is 0. The average Bonchev–Trinajstić information content (AvgIpc) is 2.98. The van der Waals surface area contributed by atoms with E-state index in [0.29, 0.717) is 24.5 Å². The van der Waals surface area contributed by atoms with Crippen molar-refractivity contribution in [2.75, 3.05) is 13.1 Å². The van der Waals surface area contributed by atoms with Crippen LogP contribution in [0.4, 0.5) is 4.79 Å². The summed E-state index contributed by atoms with van der Waals surface area (Å²) >= 11 is 0. The van der Waals surface area contributed by atoms with Crippen LogP contribution in [0.3, 0.4) is 0 Å². The first-order chi connectivity index (χ1) is 10.7. The zero-order chi connectivity index (χ0) is 16.8. The van der Waals surface area contributed by atoms with Gasteiger partial charge in [-0.2, -0.15) is 0 Å². The van der Waals surface area contributed by atoms with Gasteiger partial charge in [-0.05, 0) is 40.5 Å². The molecule has 3 rings (SSSR count). The van der Waals surface area contributed by atoms with Gasteiger partial charge in [-0.3, -0.25) is 9.69 Å². The second-order valence-corrected chi connectivity index (χ2v) is 7.31. The predicted molar refractivity (Wildman–Crippen MR) is 82.0 cm³/mol. The maximum atomic E-state index is 12.5. The number of rotatable bonds is 1. The van der Waals surface area contributed by atoms with Crippen LogP contribution < -0.4 is 0 Å². The summed E-state index contributed by atoms with van der Waals surface area (Å²) in [4.78, 5) is 28.5. The molecule has 2 aliphatic rings. The molecule has 2 amide bonds. The number of hydrogen-bond donors (Lipinski definition) is 0. The molecule has 7 nitrogen and oxygen atoms in total. The van der Waals surface area contributed by atoms with Crippen molar-refractivity contribution in [3.05, 3.63) is 17.5 Å². The molecule has 0 spiro atoms. The lowest BCUT2D eigenvalue weighted by molar-refractivity contribution is -0.00350. The topological polar surface area (TPSA) is 75.9 Å². The molecule has 2 bridgehead atoms. The van der Waals surface area contributed by atoms with E-state index in [0.717, 1.165) is 12.8 Å². The molecule has 0 aliphatic carbocycles.